The van der Waals surface area contributed by atoms with Gasteiger partial charge in [-0.05, 0) is 37.6 Å². The van der Waals surface area contributed by atoms with Crippen LogP contribution in [0.15, 0.2) is 60.7 Å². The van der Waals surface area contributed by atoms with Gasteiger partial charge in [-0.3, -0.25) is 14.4 Å². The highest BCUT2D eigenvalue weighted by atomic mass is 16.6. The molecule has 2 bridgehead atoms. The molecule has 3 aliphatic rings. The molecule has 2 aromatic rings. The van der Waals surface area contributed by atoms with Gasteiger partial charge in [0, 0.05) is 29.1 Å². The van der Waals surface area contributed by atoms with E-state index in [1.54, 1.807) is 0 Å². The molecule has 1 aliphatic heterocycles. The summed E-state index contributed by atoms with van der Waals surface area (Å²) in [6.07, 6.45) is -0.272. The van der Waals surface area contributed by atoms with Gasteiger partial charge in [-0.25, -0.2) is 0 Å². The van der Waals surface area contributed by atoms with Gasteiger partial charge in [0.05, 0.1) is 5.92 Å². The quantitative estimate of drug-likeness (QED) is 0.688. The predicted molar refractivity (Wildman–Crippen MR) is 109 cm³/mol. The third-order valence-electron chi connectivity index (χ3n) is 6.71. The summed E-state index contributed by atoms with van der Waals surface area (Å²) in [5, 5.41) is 0. The lowest BCUT2D eigenvalue weighted by atomic mass is 9.76. The number of rotatable bonds is 6. The molecule has 0 aromatic heterocycles. The van der Waals surface area contributed by atoms with Gasteiger partial charge in [0.1, 0.15) is 24.5 Å². The van der Waals surface area contributed by atoms with E-state index in [0.29, 0.717) is 6.42 Å². The van der Waals surface area contributed by atoms with Crippen LogP contribution in [0.4, 0.5) is 11.4 Å². The average molecular weight is 405 g/mol. The van der Waals surface area contributed by atoms with E-state index < -0.39 is 24.1 Å². The molecule has 0 radical (unpaired) electrons. The summed E-state index contributed by atoms with van der Waals surface area (Å²) < 4.78 is 11.4. The van der Waals surface area contributed by atoms with E-state index in [4.69, 9.17) is 9.47 Å². The van der Waals surface area contributed by atoms with Gasteiger partial charge in [0.15, 0.2) is 0 Å². The van der Waals surface area contributed by atoms with E-state index in [1.807, 2.05) is 65.6 Å². The van der Waals surface area contributed by atoms with E-state index in [-0.39, 0.29) is 36.1 Å². The van der Waals surface area contributed by atoms with E-state index in [1.165, 1.54) is 6.92 Å². The topological polar surface area (TPSA) is 72.9 Å². The molecule has 0 spiro atoms. The van der Waals surface area contributed by atoms with Crippen molar-refractivity contribution in [2.24, 2.45) is 23.7 Å². The molecule has 154 valence electrons. The molecule has 6 heteroatoms. The van der Waals surface area contributed by atoms with Crippen LogP contribution in [0.2, 0.25) is 0 Å². The second-order valence-electron chi connectivity index (χ2n) is 8.34. The van der Waals surface area contributed by atoms with Crippen LogP contribution in [0.25, 0.3) is 0 Å². The fraction of sp³-hybridized carbons (Fsp3) is 0.375. The average Bonchev–Trinajstić information content (AvgIpc) is 3.37. The van der Waals surface area contributed by atoms with Crippen molar-refractivity contribution in [3.05, 3.63) is 60.7 Å². The van der Waals surface area contributed by atoms with Crippen LogP contribution < -0.4 is 4.90 Å². The minimum atomic E-state index is -0.549. The maximum atomic E-state index is 13.0. The first-order valence-corrected chi connectivity index (χ1v) is 10.3. The summed E-state index contributed by atoms with van der Waals surface area (Å²) in [4.78, 5) is 39.3. The van der Waals surface area contributed by atoms with Crippen LogP contribution >= 0.6 is 0 Å². The number of benzene rings is 2. The van der Waals surface area contributed by atoms with Crippen LogP contribution in [0.3, 0.4) is 0 Å². The Morgan fingerprint density at radius 3 is 2.17 bits per heavy atom. The second-order valence-corrected chi connectivity index (χ2v) is 8.34. The highest BCUT2D eigenvalue weighted by Gasteiger charge is 2.69. The predicted octanol–water partition coefficient (Wildman–Crippen LogP) is 3.13. The standard InChI is InChI=1S/C24H23NO5/c1-14(26)20-17-12-18-21(20)24(28)30-23(18)22(17)29-19(27)13-25(15-8-4-2-5-9-15)16-10-6-3-7-11-16/h2-11,17-18,20-23H,12-13H2,1H3. The Morgan fingerprint density at radius 2 is 1.60 bits per heavy atom. The largest absolute Gasteiger partial charge is 0.458 e. The number of esters is 2. The fourth-order valence-corrected chi connectivity index (χ4v) is 5.57. The Morgan fingerprint density at radius 1 is 1.00 bits per heavy atom. The lowest BCUT2D eigenvalue weighted by Gasteiger charge is -2.31. The third-order valence-corrected chi connectivity index (χ3v) is 6.71. The van der Waals surface area contributed by atoms with E-state index in [2.05, 4.69) is 0 Å². The van der Waals surface area contributed by atoms with Gasteiger partial charge in [0.25, 0.3) is 0 Å². The minimum absolute atomic E-state index is 0.0199. The first kappa shape index (κ1) is 18.9. The summed E-state index contributed by atoms with van der Waals surface area (Å²) in [5.41, 5.74) is 1.75. The lowest BCUT2D eigenvalue weighted by Crippen LogP contribution is -2.43. The lowest BCUT2D eigenvalue weighted by molar-refractivity contribution is -0.161. The number of nitrogens with zero attached hydrogens (tertiary/aromatic N) is 1. The van der Waals surface area contributed by atoms with Gasteiger partial charge in [0.2, 0.25) is 0 Å². The summed E-state index contributed by atoms with van der Waals surface area (Å²) >= 11 is 0. The van der Waals surface area contributed by atoms with Crippen molar-refractivity contribution in [3.8, 4) is 0 Å². The number of hydrogen-bond donors (Lipinski definition) is 0. The van der Waals surface area contributed by atoms with Gasteiger partial charge < -0.3 is 14.4 Å². The molecule has 3 fully saturated rings. The van der Waals surface area contributed by atoms with Crippen molar-refractivity contribution < 1.29 is 23.9 Å². The Balaban J connectivity index is 1.36. The molecule has 1 saturated heterocycles. The number of para-hydroxylation sites is 2. The van der Waals surface area contributed by atoms with E-state index >= 15 is 0 Å². The van der Waals surface area contributed by atoms with Crippen molar-refractivity contribution in [1.82, 2.24) is 0 Å². The molecule has 5 rings (SSSR count). The molecule has 6 nitrogen and oxygen atoms in total. The Kier molecular flexibility index (Phi) is 4.57. The van der Waals surface area contributed by atoms with Crippen molar-refractivity contribution in [3.63, 3.8) is 0 Å². The number of carbonyl (C=O) groups excluding carboxylic acids is 3. The van der Waals surface area contributed by atoms with Gasteiger partial charge in [-0.15, -0.1) is 0 Å². The summed E-state index contributed by atoms with van der Waals surface area (Å²) in [6, 6.07) is 19.3. The van der Waals surface area contributed by atoms with Gasteiger partial charge in [-0.1, -0.05) is 36.4 Å². The van der Waals surface area contributed by atoms with E-state index in [9.17, 15) is 14.4 Å². The SMILES string of the molecule is CC(=O)C1C2CC3C(OC(=O)C31)C2OC(=O)CN(c1ccccc1)c1ccccc1. The van der Waals surface area contributed by atoms with Crippen molar-refractivity contribution in [2.45, 2.75) is 25.6 Å². The normalized spacial score (nSPS) is 30.8. The van der Waals surface area contributed by atoms with Gasteiger partial charge in [-0.2, -0.15) is 0 Å². The second kappa shape index (κ2) is 7.27. The highest BCUT2D eigenvalue weighted by Crippen LogP contribution is 2.58. The van der Waals surface area contributed by atoms with Crippen molar-refractivity contribution >= 4 is 29.1 Å². The molecule has 6 unspecified atom stereocenters. The molecular formula is C24H23NO5. The summed E-state index contributed by atoms with van der Waals surface area (Å²) in [7, 11) is 0. The van der Waals surface area contributed by atoms with E-state index in [0.717, 1.165) is 11.4 Å². The minimum Gasteiger partial charge on any atom is -0.458 e. The molecule has 0 N–H and O–H groups in total. The van der Waals surface area contributed by atoms with Crippen LogP contribution in [0.1, 0.15) is 13.3 Å². The van der Waals surface area contributed by atoms with Gasteiger partial charge >= 0.3 is 11.9 Å². The molecule has 6 atom stereocenters. The number of fused-ring (bicyclic) bond motifs is 1. The Hall–Kier alpha value is -3.15. The summed E-state index contributed by atoms with van der Waals surface area (Å²) in [5.74, 6) is -1.67. The van der Waals surface area contributed by atoms with Crippen molar-refractivity contribution in [2.75, 3.05) is 11.4 Å². The van der Waals surface area contributed by atoms with Crippen LogP contribution in [-0.2, 0) is 23.9 Å². The zero-order chi connectivity index (χ0) is 20.8. The number of carbonyl (C=O) groups is 3. The first-order valence-electron chi connectivity index (χ1n) is 10.3. The third kappa shape index (κ3) is 2.98. The monoisotopic (exact) mass is 405 g/mol. The zero-order valence-corrected chi connectivity index (χ0v) is 16.6. The fourth-order valence-electron chi connectivity index (χ4n) is 5.57. The number of hydrogen-bond acceptors (Lipinski definition) is 6. The number of ether oxygens (including phenoxy) is 2. The van der Waals surface area contributed by atoms with Crippen LogP contribution in [-0.4, -0.2) is 36.5 Å². The smallest absolute Gasteiger partial charge is 0.326 e. The molecule has 0 amide bonds. The molecular weight excluding hydrogens is 382 g/mol. The molecule has 1 heterocycles. The highest BCUT2D eigenvalue weighted by molar-refractivity contribution is 5.89. The molecule has 2 aliphatic carbocycles. The Bertz CT molecular complexity index is 936. The maximum absolute atomic E-state index is 13.0. The first-order chi connectivity index (χ1) is 14.5. The Labute approximate surface area is 174 Å². The van der Waals surface area contributed by atoms with Crippen LogP contribution in [0.5, 0.6) is 0 Å². The number of Topliss-reactive ketones (excluding diaryl/α,β-unsaturated/α-hetero) is 1. The molecule has 2 aromatic carbocycles. The molecule has 30 heavy (non-hydrogen) atoms. The number of ketones is 1. The zero-order valence-electron chi connectivity index (χ0n) is 16.6. The van der Waals surface area contributed by atoms with Crippen molar-refractivity contribution in [1.29, 1.82) is 0 Å². The van der Waals surface area contributed by atoms with Crippen LogP contribution in [0, 0.1) is 23.7 Å². The summed E-state index contributed by atoms with van der Waals surface area (Å²) in [6.45, 7) is 1.54. The molecule has 2 saturated carbocycles. The maximum Gasteiger partial charge on any atom is 0.326 e. The number of anilines is 2.